The number of fused-ring (bicyclic) bond motifs is 1. The van der Waals surface area contributed by atoms with Crippen molar-refractivity contribution in [3.8, 4) is 0 Å². The third-order valence-electron chi connectivity index (χ3n) is 3.81. The summed E-state index contributed by atoms with van der Waals surface area (Å²) in [7, 11) is 0. The first-order valence-corrected chi connectivity index (χ1v) is 8.02. The first-order chi connectivity index (χ1) is 9.70. The molecule has 0 amide bonds. The summed E-state index contributed by atoms with van der Waals surface area (Å²) in [5.74, 6) is 0. The first kappa shape index (κ1) is 15.1. The fraction of sp³-hybridized carbons (Fsp3) is 0.556. The van der Waals surface area contributed by atoms with E-state index in [9.17, 15) is 0 Å². The average molecular weight is 272 g/mol. The molecule has 0 aliphatic rings. The van der Waals surface area contributed by atoms with E-state index in [-0.39, 0.29) is 0 Å². The summed E-state index contributed by atoms with van der Waals surface area (Å²) < 4.78 is 2.41. The molecule has 20 heavy (non-hydrogen) atoms. The van der Waals surface area contributed by atoms with E-state index in [0.717, 1.165) is 13.1 Å². The summed E-state index contributed by atoms with van der Waals surface area (Å²) in [5, 5.41) is 4.84. The van der Waals surface area contributed by atoms with E-state index in [1.165, 1.54) is 42.1 Å². The zero-order valence-electron chi connectivity index (χ0n) is 13.2. The van der Waals surface area contributed by atoms with Gasteiger partial charge >= 0.3 is 0 Å². The molecule has 0 aliphatic heterocycles. The Morgan fingerprint density at radius 2 is 1.95 bits per heavy atom. The van der Waals surface area contributed by atoms with Crippen LogP contribution in [0.1, 0.15) is 52.0 Å². The van der Waals surface area contributed by atoms with Crippen molar-refractivity contribution in [3.05, 3.63) is 36.0 Å². The molecule has 0 radical (unpaired) electrons. The van der Waals surface area contributed by atoms with Crippen molar-refractivity contribution in [3.63, 3.8) is 0 Å². The number of hydrogen-bond acceptors (Lipinski definition) is 1. The Morgan fingerprint density at radius 3 is 2.70 bits per heavy atom. The molecule has 1 aromatic heterocycles. The number of rotatable bonds is 8. The Balaban J connectivity index is 2.05. The molecule has 0 aliphatic carbocycles. The molecule has 1 N–H and O–H groups in total. The van der Waals surface area contributed by atoms with Crippen molar-refractivity contribution in [1.82, 2.24) is 9.88 Å². The lowest BCUT2D eigenvalue weighted by Gasteiger charge is -2.10. The van der Waals surface area contributed by atoms with Crippen LogP contribution in [0.4, 0.5) is 0 Å². The minimum absolute atomic E-state index is 0.534. The highest BCUT2D eigenvalue weighted by molar-refractivity contribution is 5.80. The average Bonchev–Trinajstić information content (AvgIpc) is 2.84. The Bertz CT molecular complexity index is 525. The Labute approximate surface area is 123 Å². The smallest absolute Gasteiger partial charge is 0.0483 e. The Morgan fingerprint density at radius 1 is 1.10 bits per heavy atom. The fourth-order valence-corrected chi connectivity index (χ4v) is 2.57. The SMILES string of the molecule is CCCCCCn1ccc2ccc(CNC(C)C)cc21. The summed E-state index contributed by atoms with van der Waals surface area (Å²) in [6.45, 7) is 8.74. The molecule has 0 saturated heterocycles. The molecule has 1 heterocycles. The quantitative estimate of drug-likeness (QED) is 0.688. The van der Waals surface area contributed by atoms with Crippen LogP contribution in [0.25, 0.3) is 10.9 Å². The molecule has 0 saturated carbocycles. The maximum Gasteiger partial charge on any atom is 0.0483 e. The lowest BCUT2D eigenvalue weighted by Crippen LogP contribution is -2.21. The monoisotopic (exact) mass is 272 g/mol. The lowest BCUT2D eigenvalue weighted by molar-refractivity contribution is 0.587. The van der Waals surface area contributed by atoms with Gasteiger partial charge in [0.15, 0.2) is 0 Å². The highest BCUT2D eigenvalue weighted by atomic mass is 14.9. The zero-order chi connectivity index (χ0) is 14.4. The van der Waals surface area contributed by atoms with Crippen LogP contribution in [-0.4, -0.2) is 10.6 Å². The number of aromatic nitrogens is 1. The Kier molecular flexibility index (Phi) is 5.66. The summed E-state index contributed by atoms with van der Waals surface area (Å²) in [4.78, 5) is 0. The third kappa shape index (κ3) is 4.11. The summed E-state index contributed by atoms with van der Waals surface area (Å²) >= 11 is 0. The number of nitrogens with zero attached hydrogens (tertiary/aromatic N) is 1. The molecule has 1 aromatic carbocycles. The van der Waals surface area contributed by atoms with Crippen LogP contribution >= 0.6 is 0 Å². The van der Waals surface area contributed by atoms with Crippen LogP contribution in [0, 0.1) is 0 Å². The molecular formula is C18H28N2. The van der Waals surface area contributed by atoms with Crippen molar-refractivity contribution >= 4 is 10.9 Å². The highest BCUT2D eigenvalue weighted by Gasteiger charge is 2.03. The molecule has 0 atom stereocenters. The lowest BCUT2D eigenvalue weighted by atomic mass is 10.1. The normalized spacial score (nSPS) is 11.6. The summed E-state index contributed by atoms with van der Waals surface area (Å²) in [5.41, 5.74) is 2.75. The van der Waals surface area contributed by atoms with Gasteiger partial charge in [0, 0.05) is 30.8 Å². The Hall–Kier alpha value is -1.28. The molecule has 0 bridgehead atoms. The molecule has 2 nitrogen and oxygen atoms in total. The van der Waals surface area contributed by atoms with Gasteiger partial charge in [-0.1, -0.05) is 52.2 Å². The molecule has 2 aromatic rings. The first-order valence-electron chi connectivity index (χ1n) is 8.02. The molecule has 2 rings (SSSR count). The van der Waals surface area contributed by atoms with Gasteiger partial charge in [0.2, 0.25) is 0 Å². The van der Waals surface area contributed by atoms with Gasteiger partial charge in [-0.25, -0.2) is 0 Å². The topological polar surface area (TPSA) is 17.0 Å². The molecular weight excluding hydrogens is 244 g/mol. The van der Waals surface area contributed by atoms with Crippen LogP contribution in [0.5, 0.6) is 0 Å². The van der Waals surface area contributed by atoms with E-state index >= 15 is 0 Å². The van der Waals surface area contributed by atoms with Gasteiger partial charge in [-0.05, 0) is 29.5 Å². The van der Waals surface area contributed by atoms with E-state index < -0.39 is 0 Å². The molecule has 110 valence electrons. The maximum absolute atomic E-state index is 3.49. The van der Waals surface area contributed by atoms with E-state index in [1.807, 2.05) is 0 Å². The number of nitrogens with one attached hydrogen (secondary N) is 1. The van der Waals surface area contributed by atoms with Crippen LogP contribution in [-0.2, 0) is 13.1 Å². The van der Waals surface area contributed by atoms with Gasteiger partial charge in [0.1, 0.15) is 0 Å². The number of hydrogen-bond donors (Lipinski definition) is 1. The summed E-state index contributed by atoms with van der Waals surface area (Å²) in [6.07, 6.45) is 7.51. The van der Waals surface area contributed by atoms with Gasteiger partial charge in [-0.3, -0.25) is 0 Å². The van der Waals surface area contributed by atoms with Gasteiger partial charge in [0.25, 0.3) is 0 Å². The largest absolute Gasteiger partial charge is 0.347 e. The van der Waals surface area contributed by atoms with Gasteiger partial charge in [-0.2, -0.15) is 0 Å². The van der Waals surface area contributed by atoms with Crippen LogP contribution in [0.3, 0.4) is 0 Å². The standard InChI is InChI=1S/C18H28N2/c1-4-5-6-7-11-20-12-10-17-9-8-16(13-18(17)20)14-19-15(2)3/h8-10,12-13,15,19H,4-7,11,14H2,1-3H3. The molecule has 0 fully saturated rings. The zero-order valence-corrected chi connectivity index (χ0v) is 13.2. The summed E-state index contributed by atoms with van der Waals surface area (Å²) in [6, 6.07) is 9.58. The van der Waals surface area contributed by atoms with Gasteiger partial charge in [0.05, 0.1) is 0 Å². The minimum Gasteiger partial charge on any atom is -0.347 e. The van der Waals surface area contributed by atoms with Gasteiger partial charge < -0.3 is 9.88 Å². The number of unbranched alkanes of at least 4 members (excludes halogenated alkanes) is 3. The van der Waals surface area contributed by atoms with Crippen molar-refractivity contribution in [1.29, 1.82) is 0 Å². The number of benzene rings is 1. The maximum atomic E-state index is 3.49. The number of aryl methyl sites for hydroxylation is 1. The van der Waals surface area contributed by atoms with Gasteiger partial charge in [-0.15, -0.1) is 0 Å². The predicted octanol–water partition coefficient (Wildman–Crippen LogP) is 4.72. The van der Waals surface area contributed by atoms with Crippen LogP contribution < -0.4 is 5.32 Å². The van der Waals surface area contributed by atoms with Crippen molar-refractivity contribution < 1.29 is 0 Å². The van der Waals surface area contributed by atoms with Crippen LogP contribution in [0.2, 0.25) is 0 Å². The predicted molar refractivity (Wildman–Crippen MR) is 88.1 cm³/mol. The van der Waals surface area contributed by atoms with Crippen molar-refractivity contribution in [2.75, 3.05) is 0 Å². The highest BCUT2D eigenvalue weighted by Crippen LogP contribution is 2.19. The van der Waals surface area contributed by atoms with E-state index in [1.54, 1.807) is 0 Å². The molecule has 2 heteroatoms. The van der Waals surface area contributed by atoms with Crippen molar-refractivity contribution in [2.45, 2.75) is 65.6 Å². The van der Waals surface area contributed by atoms with E-state index in [2.05, 4.69) is 61.1 Å². The minimum atomic E-state index is 0.534. The second kappa shape index (κ2) is 7.49. The van der Waals surface area contributed by atoms with E-state index in [0.29, 0.717) is 6.04 Å². The third-order valence-corrected chi connectivity index (χ3v) is 3.81. The molecule has 0 unspecified atom stereocenters. The molecule has 0 spiro atoms. The van der Waals surface area contributed by atoms with E-state index in [4.69, 9.17) is 0 Å². The van der Waals surface area contributed by atoms with Crippen molar-refractivity contribution in [2.24, 2.45) is 0 Å². The second-order valence-electron chi connectivity index (χ2n) is 6.00. The fourth-order valence-electron chi connectivity index (χ4n) is 2.57. The second-order valence-corrected chi connectivity index (χ2v) is 6.00. The van der Waals surface area contributed by atoms with Crippen LogP contribution in [0.15, 0.2) is 30.5 Å².